The topological polar surface area (TPSA) is 164 Å². The van der Waals surface area contributed by atoms with Crippen LogP contribution in [0.5, 0.6) is 0 Å². The SMILES string of the molecule is O=P([O-])(O)O.O=P([O-])([O-])O.[Ca+2].[K+]. The quantitative estimate of drug-likeness (QED) is 0.289. The van der Waals surface area contributed by atoms with E-state index in [9.17, 15) is 0 Å². The van der Waals surface area contributed by atoms with E-state index in [4.69, 9.17) is 38.5 Å². The summed E-state index contributed by atoms with van der Waals surface area (Å²) in [6.07, 6.45) is 0. The van der Waals surface area contributed by atoms with Crippen LogP contribution < -0.4 is 66.1 Å². The Morgan fingerprint density at radius 2 is 0.917 bits per heavy atom. The van der Waals surface area contributed by atoms with Crippen molar-refractivity contribution in [2.45, 2.75) is 0 Å². The van der Waals surface area contributed by atoms with Crippen LogP contribution in [0.2, 0.25) is 0 Å². The second-order valence-electron chi connectivity index (χ2n) is 0.959. The maximum Gasteiger partial charge on any atom is 2.00 e. The molecule has 0 unspecified atom stereocenters. The van der Waals surface area contributed by atoms with E-state index >= 15 is 0 Å². The molecule has 0 aromatic carbocycles. The van der Waals surface area contributed by atoms with Crippen molar-refractivity contribution in [3.63, 3.8) is 0 Å². The first-order valence-corrected chi connectivity index (χ1v) is 4.54. The van der Waals surface area contributed by atoms with Gasteiger partial charge in [0.25, 0.3) is 7.82 Å². The summed E-state index contributed by atoms with van der Waals surface area (Å²) < 4.78 is 17.4. The molecule has 3 N–H and O–H groups in total. The minimum Gasteiger partial charge on any atom is -0.790 e. The molecule has 0 fully saturated rings. The van der Waals surface area contributed by atoms with Crippen LogP contribution in [0.15, 0.2) is 0 Å². The Morgan fingerprint density at radius 3 is 0.917 bits per heavy atom. The minimum atomic E-state index is -5.14. The zero-order chi connectivity index (χ0) is 9.00. The second-order valence-corrected chi connectivity index (χ2v) is 2.88. The Balaban J connectivity index is -0.0000000457. The average Bonchev–Trinajstić information content (AvgIpc) is 1.12. The third kappa shape index (κ3) is 198. The van der Waals surface area contributed by atoms with Crippen molar-refractivity contribution in [1.29, 1.82) is 0 Å². The summed E-state index contributed by atoms with van der Waals surface area (Å²) in [6, 6.07) is 0. The molecule has 0 aromatic rings. The molecule has 0 aliphatic heterocycles. The monoisotopic (exact) mass is 272 g/mol. The van der Waals surface area contributed by atoms with E-state index in [2.05, 4.69) is 0 Å². The maximum atomic E-state index is 8.77. The average molecular weight is 272 g/mol. The standard InChI is InChI=1S/Ca.K.2H3O4P/c;;2*1-5(2,3)4/h;;2*(H3,1,2,3,4)/q+2;+1;;/p-3. The van der Waals surface area contributed by atoms with Crippen molar-refractivity contribution < 1.29 is 89.9 Å². The summed E-state index contributed by atoms with van der Waals surface area (Å²) in [5.74, 6) is 0. The second kappa shape index (κ2) is 10.6. The van der Waals surface area contributed by atoms with E-state index < -0.39 is 15.6 Å². The minimum absolute atomic E-state index is 0. The van der Waals surface area contributed by atoms with Crippen molar-refractivity contribution in [3.05, 3.63) is 0 Å². The number of hydrogen-bond donors (Lipinski definition) is 3. The molecule has 0 rings (SSSR count). The predicted octanol–water partition coefficient (Wildman–Crippen LogP) is -7.13. The van der Waals surface area contributed by atoms with Gasteiger partial charge in [0.15, 0.2) is 0 Å². The van der Waals surface area contributed by atoms with E-state index in [1.54, 1.807) is 0 Å². The largest absolute Gasteiger partial charge is 2.00 e. The van der Waals surface area contributed by atoms with Crippen molar-refractivity contribution in [1.82, 2.24) is 0 Å². The fraction of sp³-hybridized carbons (Fsp3) is 0. The van der Waals surface area contributed by atoms with Crippen LogP contribution >= 0.6 is 15.6 Å². The molecular formula is H3CaKO8P2. The van der Waals surface area contributed by atoms with Gasteiger partial charge in [-0.05, 0) is 0 Å². The summed E-state index contributed by atoms with van der Waals surface area (Å²) in [6.45, 7) is 0. The molecule has 12 heteroatoms. The molecule has 8 nitrogen and oxygen atoms in total. The first-order chi connectivity index (χ1) is 4.00. The number of rotatable bonds is 0. The summed E-state index contributed by atoms with van der Waals surface area (Å²) >= 11 is 0. The maximum absolute atomic E-state index is 8.77. The van der Waals surface area contributed by atoms with Crippen molar-refractivity contribution >= 4 is 53.4 Å². The molecule has 0 saturated carbocycles. The first kappa shape index (κ1) is 24.4. The molecule has 0 bridgehead atoms. The van der Waals surface area contributed by atoms with Crippen molar-refractivity contribution in [2.75, 3.05) is 0 Å². The van der Waals surface area contributed by atoms with Crippen LogP contribution in [0.1, 0.15) is 0 Å². The molecule has 0 heterocycles. The summed E-state index contributed by atoms with van der Waals surface area (Å²) in [5, 5.41) is 0. The molecule has 0 aliphatic rings. The van der Waals surface area contributed by atoms with E-state index in [0.29, 0.717) is 0 Å². The number of phosphoric acid groups is 2. The normalized spacial score (nSPS) is 9.83. The van der Waals surface area contributed by atoms with Crippen LogP contribution in [0.3, 0.4) is 0 Å². The van der Waals surface area contributed by atoms with Gasteiger partial charge < -0.3 is 33.9 Å². The van der Waals surface area contributed by atoms with Crippen molar-refractivity contribution in [3.8, 4) is 0 Å². The van der Waals surface area contributed by atoms with Crippen LogP contribution in [0, 0.1) is 0 Å². The Morgan fingerprint density at radius 1 is 0.917 bits per heavy atom. The summed E-state index contributed by atoms with van der Waals surface area (Å²) in [4.78, 5) is 47.2. The van der Waals surface area contributed by atoms with E-state index in [0.717, 1.165) is 0 Å². The van der Waals surface area contributed by atoms with E-state index in [1.165, 1.54) is 0 Å². The van der Waals surface area contributed by atoms with Crippen LogP contribution in [-0.4, -0.2) is 52.4 Å². The van der Waals surface area contributed by atoms with E-state index in [1.807, 2.05) is 0 Å². The number of hydrogen-bond acceptors (Lipinski definition) is 5. The Hall–Kier alpha value is 3.12. The van der Waals surface area contributed by atoms with Gasteiger partial charge in [0.05, 0.1) is 7.82 Å². The molecule has 0 aliphatic carbocycles. The summed E-state index contributed by atoms with van der Waals surface area (Å²) in [7, 11) is -10.0. The zero-order valence-corrected chi connectivity index (χ0v) is 13.1. The molecule has 0 saturated heterocycles. The van der Waals surface area contributed by atoms with Gasteiger partial charge in [-0.2, -0.15) is 0 Å². The van der Waals surface area contributed by atoms with Crippen LogP contribution in [-0.2, 0) is 9.13 Å². The third-order valence-corrected chi connectivity index (χ3v) is 0. The molecule has 64 valence electrons. The smallest absolute Gasteiger partial charge is 0.790 e. The fourth-order valence-electron chi connectivity index (χ4n) is 0. The van der Waals surface area contributed by atoms with Gasteiger partial charge >= 0.3 is 89.1 Å². The van der Waals surface area contributed by atoms with E-state index in [-0.39, 0.29) is 89.1 Å². The van der Waals surface area contributed by atoms with Gasteiger partial charge in [-0.1, -0.05) is 0 Å². The van der Waals surface area contributed by atoms with Gasteiger partial charge in [0.2, 0.25) is 0 Å². The third-order valence-electron chi connectivity index (χ3n) is 0. The zero-order valence-electron chi connectivity index (χ0n) is 5.98. The molecule has 0 spiro atoms. The molecule has 0 atom stereocenters. The van der Waals surface area contributed by atoms with Crippen molar-refractivity contribution in [2.24, 2.45) is 0 Å². The first-order valence-electron chi connectivity index (χ1n) is 1.51. The molecular weight excluding hydrogens is 269 g/mol. The van der Waals surface area contributed by atoms with Crippen LogP contribution in [0.4, 0.5) is 0 Å². The Kier molecular flexibility index (Phi) is 21.6. The van der Waals surface area contributed by atoms with Gasteiger partial charge in [0, 0.05) is 0 Å². The van der Waals surface area contributed by atoms with Gasteiger partial charge in [-0.15, -0.1) is 0 Å². The summed E-state index contributed by atoms with van der Waals surface area (Å²) in [5.41, 5.74) is 0. The molecule has 0 aromatic heterocycles. The molecule has 0 amide bonds. The Labute approximate surface area is 140 Å². The van der Waals surface area contributed by atoms with Crippen LogP contribution in [0.25, 0.3) is 0 Å². The molecule has 12 heavy (non-hydrogen) atoms. The predicted molar refractivity (Wildman–Crippen MR) is 27.6 cm³/mol. The van der Waals surface area contributed by atoms with Gasteiger partial charge in [0.1, 0.15) is 0 Å². The Bertz CT molecular complexity index is 129. The molecule has 0 radical (unpaired) electrons. The van der Waals surface area contributed by atoms with Gasteiger partial charge in [-0.3, -0.25) is 4.57 Å². The fourth-order valence-corrected chi connectivity index (χ4v) is 0. The van der Waals surface area contributed by atoms with Gasteiger partial charge in [-0.25, -0.2) is 0 Å².